The summed E-state index contributed by atoms with van der Waals surface area (Å²) in [5.74, 6) is 6.13. The van der Waals surface area contributed by atoms with E-state index in [9.17, 15) is 0 Å². The van der Waals surface area contributed by atoms with Gasteiger partial charge in [-0.2, -0.15) is 0 Å². The van der Waals surface area contributed by atoms with Crippen molar-refractivity contribution in [3.05, 3.63) is 59.2 Å². The molecule has 3 rings (SSSR count). The molecule has 0 bridgehead atoms. The number of hydrogen-bond acceptors (Lipinski definition) is 4. The highest BCUT2D eigenvalue weighted by Gasteiger charge is 2.31. The molecule has 0 saturated carbocycles. The van der Waals surface area contributed by atoms with E-state index in [0.29, 0.717) is 5.92 Å². The van der Waals surface area contributed by atoms with Crippen molar-refractivity contribution in [1.82, 2.24) is 15.4 Å². The lowest BCUT2D eigenvalue weighted by Crippen LogP contribution is -2.32. The molecular weight excluding hydrogens is 236 g/mol. The van der Waals surface area contributed by atoms with E-state index in [2.05, 4.69) is 27.5 Å². The third-order valence-corrected chi connectivity index (χ3v) is 3.86. The maximum atomic E-state index is 5.79. The molecule has 2 unspecified atom stereocenters. The molecule has 2 aromatic heterocycles. The molecule has 0 aliphatic heterocycles. The van der Waals surface area contributed by atoms with Crippen molar-refractivity contribution < 1.29 is 0 Å². The van der Waals surface area contributed by atoms with Crippen LogP contribution in [0.3, 0.4) is 0 Å². The molecular formula is C15H18N4. The Morgan fingerprint density at radius 1 is 1.32 bits per heavy atom. The maximum Gasteiger partial charge on any atom is 0.0545 e. The average molecular weight is 254 g/mol. The number of hydrazine groups is 1. The van der Waals surface area contributed by atoms with Crippen LogP contribution in [-0.2, 0) is 6.42 Å². The molecule has 4 nitrogen and oxygen atoms in total. The topological polar surface area (TPSA) is 63.8 Å². The molecule has 98 valence electrons. The lowest BCUT2D eigenvalue weighted by Gasteiger charge is -2.23. The summed E-state index contributed by atoms with van der Waals surface area (Å²) in [7, 11) is 0. The minimum Gasteiger partial charge on any atom is -0.271 e. The zero-order chi connectivity index (χ0) is 13.2. The summed E-state index contributed by atoms with van der Waals surface area (Å²) in [4.78, 5) is 8.79. The van der Waals surface area contributed by atoms with E-state index in [0.717, 1.165) is 18.5 Å². The van der Waals surface area contributed by atoms with Crippen molar-refractivity contribution in [1.29, 1.82) is 0 Å². The minimum atomic E-state index is 0.0952. The van der Waals surface area contributed by atoms with Crippen molar-refractivity contribution in [2.45, 2.75) is 31.7 Å². The van der Waals surface area contributed by atoms with Gasteiger partial charge in [-0.05, 0) is 49.1 Å². The number of nitrogens with zero attached hydrogens (tertiary/aromatic N) is 2. The first kappa shape index (κ1) is 12.3. The van der Waals surface area contributed by atoms with E-state index in [4.69, 9.17) is 5.84 Å². The molecule has 0 saturated heterocycles. The smallest absolute Gasteiger partial charge is 0.0545 e. The predicted octanol–water partition coefficient (Wildman–Crippen LogP) is 2.02. The first-order valence-electron chi connectivity index (χ1n) is 6.62. The molecule has 1 aliphatic rings. The largest absolute Gasteiger partial charge is 0.271 e. The van der Waals surface area contributed by atoms with Crippen LogP contribution in [0.15, 0.2) is 36.7 Å². The highest BCUT2D eigenvalue weighted by atomic mass is 15.2. The monoisotopic (exact) mass is 254 g/mol. The van der Waals surface area contributed by atoms with Crippen LogP contribution in [-0.4, -0.2) is 9.97 Å². The van der Waals surface area contributed by atoms with E-state index >= 15 is 0 Å². The fourth-order valence-electron chi connectivity index (χ4n) is 2.97. The van der Waals surface area contributed by atoms with Crippen LogP contribution in [0.25, 0.3) is 0 Å². The third-order valence-electron chi connectivity index (χ3n) is 3.86. The second-order valence-electron chi connectivity index (χ2n) is 5.07. The molecule has 2 heterocycles. The summed E-state index contributed by atoms with van der Waals surface area (Å²) in [5.41, 5.74) is 7.68. The molecule has 0 amide bonds. The van der Waals surface area contributed by atoms with Gasteiger partial charge in [0.2, 0.25) is 0 Å². The number of aryl methyl sites for hydroxylation is 2. The first-order chi connectivity index (χ1) is 9.29. The SMILES string of the molecule is Cc1cc(C(NN)C2CCc3cccnc32)ccn1. The van der Waals surface area contributed by atoms with Gasteiger partial charge in [0, 0.05) is 29.7 Å². The van der Waals surface area contributed by atoms with Crippen molar-refractivity contribution in [2.24, 2.45) is 5.84 Å². The molecule has 2 atom stereocenters. The van der Waals surface area contributed by atoms with Gasteiger partial charge in [-0.15, -0.1) is 0 Å². The van der Waals surface area contributed by atoms with Gasteiger partial charge in [0.25, 0.3) is 0 Å². The van der Waals surface area contributed by atoms with Crippen LogP contribution in [0.1, 0.15) is 40.9 Å². The third kappa shape index (κ3) is 2.25. The molecule has 3 N–H and O–H groups in total. The zero-order valence-electron chi connectivity index (χ0n) is 11.0. The van der Waals surface area contributed by atoms with Crippen molar-refractivity contribution >= 4 is 0 Å². The van der Waals surface area contributed by atoms with Gasteiger partial charge >= 0.3 is 0 Å². The standard InChI is InChI=1S/C15H18N4/c1-10-9-12(6-8-17-10)15(19-16)13-5-4-11-3-2-7-18-14(11)13/h2-3,6-9,13,15,19H,4-5,16H2,1H3. The molecule has 2 aromatic rings. The molecule has 4 heteroatoms. The lowest BCUT2D eigenvalue weighted by molar-refractivity contribution is 0.446. The van der Waals surface area contributed by atoms with Gasteiger partial charge in [0.1, 0.15) is 0 Å². The number of hydrogen-bond donors (Lipinski definition) is 2. The molecule has 0 fully saturated rings. The second-order valence-corrected chi connectivity index (χ2v) is 5.07. The zero-order valence-corrected chi connectivity index (χ0v) is 11.0. The molecule has 1 aliphatic carbocycles. The Balaban J connectivity index is 1.96. The van der Waals surface area contributed by atoms with Crippen LogP contribution >= 0.6 is 0 Å². The van der Waals surface area contributed by atoms with Crippen LogP contribution < -0.4 is 11.3 Å². The Morgan fingerprint density at radius 2 is 2.21 bits per heavy atom. The number of rotatable bonds is 3. The van der Waals surface area contributed by atoms with Gasteiger partial charge in [0.05, 0.1) is 6.04 Å². The molecule has 19 heavy (non-hydrogen) atoms. The Morgan fingerprint density at radius 3 is 3.00 bits per heavy atom. The number of nitrogens with one attached hydrogen (secondary N) is 1. The van der Waals surface area contributed by atoms with E-state index in [-0.39, 0.29) is 6.04 Å². The number of pyridine rings is 2. The fourth-order valence-corrected chi connectivity index (χ4v) is 2.97. The number of nitrogens with two attached hydrogens (primary N) is 1. The van der Waals surface area contributed by atoms with Crippen LogP contribution in [0, 0.1) is 6.92 Å². The Kier molecular flexibility index (Phi) is 3.27. The Bertz CT molecular complexity index is 582. The van der Waals surface area contributed by atoms with Gasteiger partial charge < -0.3 is 0 Å². The van der Waals surface area contributed by atoms with Gasteiger partial charge in [-0.25, -0.2) is 0 Å². The van der Waals surface area contributed by atoms with Crippen molar-refractivity contribution in [3.63, 3.8) is 0 Å². The highest BCUT2D eigenvalue weighted by Crippen LogP contribution is 2.39. The molecule has 0 radical (unpaired) electrons. The fraction of sp³-hybridized carbons (Fsp3) is 0.333. The van der Waals surface area contributed by atoms with Gasteiger partial charge in [-0.1, -0.05) is 6.07 Å². The summed E-state index contributed by atoms with van der Waals surface area (Å²) in [6.07, 6.45) is 5.87. The summed E-state index contributed by atoms with van der Waals surface area (Å²) >= 11 is 0. The first-order valence-corrected chi connectivity index (χ1v) is 6.62. The maximum absolute atomic E-state index is 5.79. The van der Waals surface area contributed by atoms with Crippen molar-refractivity contribution in [3.8, 4) is 0 Å². The van der Waals surface area contributed by atoms with Crippen LogP contribution in [0.4, 0.5) is 0 Å². The second kappa shape index (κ2) is 5.07. The predicted molar refractivity (Wildman–Crippen MR) is 74.3 cm³/mol. The Labute approximate surface area is 113 Å². The summed E-state index contributed by atoms with van der Waals surface area (Å²) in [5, 5.41) is 0. The van der Waals surface area contributed by atoms with Gasteiger partial charge in [0.15, 0.2) is 0 Å². The normalized spacial score (nSPS) is 19.2. The number of aromatic nitrogens is 2. The summed E-state index contributed by atoms with van der Waals surface area (Å²) in [6, 6.07) is 8.37. The lowest BCUT2D eigenvalue weighted by atomic mass is 9.91. The van der Waals surface area contributed by atoms with Gasteiger partial charge in [-0.3, -0.25) is 21.2 Å². The summed E-state index contributed by atoms with van der Waals surface area (Å²) in [6.45, 7) is 2.00. The minimum absolute atomic E-state index is 0.0952. The quantitative estimate of drug-likeness (QED) is 0.649. The van der Waals surface area contributed by atoms with E-state index in [1.165, 1.54) is 16.8 Å². The number of fused-ring (bicyclic) bond motifs is 1. The average Bonchev–Trinajstić information content (AvgIpc) is 2.84. The Hall–Kier alpha value is -1.78. The van der Waals surface area contributed by atoms with Crippen LogP contribution in [0.5, 0.6) is 0 Å². The van der Waals surface area contributed by atoms with Crippen molar-refractivity contribution in [2.75, 3.05) is 0 Å². The van der Waals surface area contributed by atoms with Crippen LogP contribution in [0.2, 0.25) is 0 Å². The summed E-state index contributed by atoms with van der Waals surface area (Å²) < 4.78 is 0. The molecule has 0 aromatic carbocycles. The van der Waals surface area contributed by atoms with E-state index in [1.807, 2.05) is 31.5 Å². The highest BCUT2D eigenvalue weighted by molar-refractivity contribution is 5.33. The van der Waals surface area contributed by atoms with E-state index in [1.54, 1.807) is 0 Å². The molecule has 0 spiro atoms. The van der Waals surface area contributed by atoms with E-state index < -0.39 is 0 Å².